The highest BCUT2D eigenvalue weighted by molar-refractivity contribution is 5.81. The maximum absolute atomic E-state index is 11.4. The molecule has 1 aliphatic rings. The molecule has 0 spiro atoms. The normalized spacial score (nSPS) is 18.9. The molecule has 1 atom stereocenters. The van der Waals surface area contributed by atoms with Gasteiger partial charge in [0.25, 0.3) is 0 Å². The van der Waals surface area contributed by atoms with Gasteiger partial charge in [-0.15, -0.1) is 0 Å². The molecule has 4 heteroatoms. The maximum atomic E-state index is 11.4. The van der Waals surface area contributed by atoms with E-state index in [0.29, 0.717) is 19.1 Å². The third-order valence-corrected chi connectivity index (χ3v) is 3.30. The van der Waals surface area contributed by atoms with Gasteiger partial charge in [-0.2, -0.15) is 0 Å². The number of hydrogen-bond donors (Lipinski definition) is 2. The number of amides is 1. The molecule has 1 amide bonds. The number of ether oxygens (including phenoxy) is 1. The number of rotatable bonds is 7. The molecule has 100 valence electrons. The number of nitrogens with one attached hydrogen (secondary N) is 1. The molecule has 0 saturated heterocycles. The van der Waals surface area contributed by atoms with Gasteiger partial charge in [-0.3, -0.25) is 4.79 Å². The lowest BCUT2D eigenvalue weighted by molar-refractivity contribution is -0.122. The molecule has 0 radical (unpaired) electrons. The van der Waals surface area contributed by atoms with Gasteiger partial charge in [0, 0.05) is 13.2 Å². The van der Waals surface area contributed by atoms with Crippen LogP contribution in [0.25, 0.3) is 0 Å². The van der Waals surface area contributed by atoms with Gasteiger partial charge in [-0.1, -0.05) is 26.2 Å². The van der Waals surface area contributed by atoms with Crippen LogP contribution in [0, 0.1) is 0 Å². The predicted molar refractivity (Wildman–Crippen MR) is 68.7 cm³/mol. The first-order chi connectivity index (χ1) is 8.24. The van der Waals surface area contributed by atoms with Crippen LogP contribution in [0.15, 0.2) is 0 Å². The molecule has 1 aliphatic carbocycles. The Bertz CT molecular complexity index is 215. The number of carbonyl (C=O) groups excluding carboxylic acids is 1. The van der Waals surface area contributed by atoms with Crippen molar-refractivity contribution in [1.29, 1.82) is 0 Å². The number of nitrogens with two attached hydrogens (primary N) is 1. The van der Waals surface area contributed by atoms with Crippen molar-refractivity contribution in [3.05, 3.63) is 0 Å². The minimum absolute atomic E-state index is 0.0508. The van der Waals surface area contributed by atoms with Gasteiger partial charge in [-0.25, -0.2) is 0 Å². The van der Waals surface area contributed by atoms with Crippen molar-refractivity contribution < 1.29 is 9.53 Å². The lowest BCUT2D eigenvalue weighted by atomic mass is 9.98. The summed E-state index contributed by atoms with van der Waals surface area (Å²) in [5.41, 5.74) is 5.60. The number of carbonyl (C=O) groups is 1. The molecule has 0 aliphatic heterocycles. The van der Waals surface area contributed by atoms with Crippen LogP contribution in [0.4, 0.5) is 0 Å². The van der Waals surface area contributed by atoms with E-state index in [1.807, 2.05) is 6.92 Å². The quantitative estimate of drug-likeness (QED) is 0.666. The lowest BCUT2D eigenvalue weighted by Crippen LogP contribution is -2.40. The Hall–Kier alpha value is -0.610. The summed E-state index contributed by atoms with van der Waals surface area (Å²) in [6.07, 6.45) is 8.37. The number of hydrogen-bond acceptors (Lipinski definition) is 3. The fourth-order valence-electron chi connectivity index (χ4n) is 2.08. The van der Waals surface area contributed by atoms with Gasteiger partial charge < -0.3 is 15.8 Å². The van der Waals surface area contributed by atoms with E-state index in [0.717, 1.165) is 13.0 Å². The predicted octanol–water partition coefficient (Wildman–Crippen LogP) is 1.58. The fraction of sp³-hybridized carbons (Fsp3) is 0.923. The first-order valence-corrected chi connectivity index (χ1v) is 6.89. The molecule has 17 heavy (non-hydrogen) atoms. The van der Waals surface area contributed by atoms with E-state index in [2.05, 4.69) is 5.32 Å². The summed E-state index contributed by atoms with van der Waals surface area (Å²) in [6.45, 7) is 3.32. The summed E-state index contributed by atoms with van der Waals surface area (Å²) in [7, 11) is 0. The lowest BCUT2D eigenvalue weighted by Gasteiger charge is -2.22. The van der Waals surface area contributed by atoms with Crippen LogP contribution in [0.3, 0.4) is 0 Å². The Kier molecular flexibility index (Phi) is 7.21. The maximum Gasteiger partial charge on any atom is 0.236 e. The van der Waals surface area contributed by atoms with E-state index in [9.17, 15) is 4.79 Å². The van der Waals surface area contributed by atoms with Gasteiger partial charge >= 0.3 is 0 Å². The second-order valence-electron chi connectivity index (χ2n) is 4.79. The Morgan fingerprint density at radius 1 is 1.41 bits per heavy atom. The molecule has 1 unspecified atom stereocenters. The summed E-state index contributed by atoms with van der Waals surface area (Å²) in [5, 5.41) is 2.83. The first kappa shape index (κ1) is 14.5. The third-order valence-electron chi connectivity index (χ3n) is 3.30. The minimum atomic E-state index is -0.366. The Morgan fingerprint density at radius 2 is 2.12 bits per heavy atom. The van der Waals surface area contributed by atoms with E-state index in [1.165, 1.54) is 32.1 Å². The zero-order valence-electron chi connectivity index (χ0n) is 10.9. The molecule has 1 saturated carbocycles. The van der Waals surface area contributed by atoms with E-state index in [1.54, 1.807) is 0 Å². The second-order valence-corrected chi connectivity index (χ2v) is 4.79. The molecule has 1 rings (SSSR count). The van der Waals surface area contributed by atoms with Crippen molar-refractivity contribution in [2.75, 3.05) is 13.2 Å². The van der Waals surface area contributed by atoms with Gasteiger partial charge in [0.15, 0.2) is 0 Å². The van der Waals surface area contributed by atoms with Crippen LogP contribution >= 0.6 is 0 Å². The van der Waals surface area contributed by atoms with Crippen molar-refractivity contribution in [2.24, 2.45) is 5.73 Å². The second kappa shape index (κ2) is 8.48. The SMILES string of the molecule is CCC(N)C(=O)NCCCOC1CCCCC1. The topological polar surface area (TPSA) is 64.4 Å². The zero-order chi connectivity index (χ0) is 12.5. The van der Waals surface area contributed by atoms with Crippen molar-refractivity contribution in [2.45, 2.75) is 64.0 Å². The van der Waals surface area contributed by atoms with Crippen LogP contribution in [0.2, 0.25) is 0 Å². The smallest absolute Gasteiger partial charge is 0.236 e. The van der Waals surface area contributed by atoms with Crippen LogP contribution in [-0.4, -0.2) is 31.2 Å². The summed E-state index contributed by atoms with van der Waals surface area (Å²) in [4.78, 5) is 11.4. The average Bonchev–Trinajstić information content (AvgIpc) is 2.38. The highest BCUT2D eigenvalue weighted by Crippen LogP contribution is 2.20. The molecule has 3 N–H and O–H groups in total. The van der Waals surface area contributed by atoms with Gasteiger partial charge in [0.1, 0.15) is 0 Å². The molecular weight excluding hydrogens is 216 g/mol. The highest BCUT2D eigenvalue weighted by Gasteiger charge is 2.13. The van der Waals surface area contributed by atoms with E-state index in [-0.39, 0.29) is 11.9 Å². The van der Waals surface area contributed by atoms with Gasteiger partial charge in [0.05, 0.1) is 12.1 Å². The van der Waals surface area contributed by atoms with Gasteiger partial charge in [-0.05, 0) is 25.7 Å². The molecule has 0 aromatic heterocycles. The molecule has 4 nitrogen and oxygen atoms in total. The standard InChI is InChI=1S/C13H26N2O2/c1-2-12(14)13(16)15-9-6-10-17-11-7-4-3-5-8-11/h11-12H,2-10,14H2,1H3,(H,15,16). The van der Waals surface area contributed by atoms with E-state index in [4.69, 9.17) is 10.5 Å². The monoisotopic (exact) mass is 242 g/mol. The molecule has 0 bridgehead atoms. The third kappa shape index (κ3) is 6.03. The molecule has 0 heterocycles. The van der Waals surface area contributed by atoms with Crippen molar-refractivity contribution in [1.82, 2.24) is 5.32 Å². The van der Waals surface area contributed by atoms with Crippen molar-refractivity contribution in [3.8, 4) is 0 Å². The molecule has 1 fully saturated rings. The summed E-state index contributed by atoms with van der Waals surface area (Å²) in [6, 6.07) is -0.366. The zero-order valence-corrected chi connectivity index (χ0v) is 10.9. The molecule has 0 aromatic carbocycles. The van der Waals surface area contributed by atoms with Crippen molar-refractivity contribution in [3.63, 3.8) is 0 Å². The first-order valence-electron chi connectivity index (χ1n) is 6.89. The average molecular weight is 242 g/mol. The highest BCUT2D eigenvalue weighted by atomic mass is 16.5. The summed E-state index contributed by atoms with van der Waals surface area (Å²) in [5.74, 6) is -0.0508. The minimum Gasteiger partial charge on any atom is -0.378 e. The fourth-order valence-corrected chi connectivity index (χ4v) is 2.08. The summed E-state index contributed by atoms with van der Waals surface area (Å²) >= 11 is 0. The van der Waals surface area contributed by atoms with Crippen LogP contribution in [0.5, 0.6) is 0 Å². The van der Waals surface area contributed by atoms with Crippen LogP contribution < -0.4 is 11.1 Å². The van der Waals surface area contributed by atoms with Gasteiger partial charge in [0.2, 0.25) is 5.91 Å². The molecular formula is C13H26N2O2. The summed E-state index contributed by atoms with van der Waals surface area (Å²) < 4.78 is 5.77. The Balaban J connectivity index is 1.95. The van der Waals surface area contributed by atoms with Crippen LogP contribution in [0.1, 0.15) is 51.9 Å². The Labute approximate surface area is 104 Å². The van der Waals surface area contributed by atoms with Crippen LogP contribution in [-0.2, 0) is 9.53 Å². The van der Waals surface area contributed by atoms with Crippen molar-refractivity contribution >= 4 is 5.91 Å². The Morgan fingerprint density at radius 3 is 2.76 bits per heavy atom. The van der Waals surface area contributed by atoms with E-state index < -0.39 is 0 Å². The van der Waals surface area contributed by atoms with E-state index >= 15 is 0 Å². The molecule has 0 aromatic rings. The largest absolute Gasteiger partial charge is 0.378 e.